The van der Waals surface area contributed by atoms with Gasteiger partial charge in [0.2, 0.25) is 0 Å². The SMILES string of the molecule is Cc1ccc(COc2c(F)cccc2C2CCN(Cc3nc4c(OC(F)F)cc(C(=O)O)cc4n3C)CC2)c(F)c1. The minimum atomic E-state index is -3.13. The lowest BCUT2D eigenvalue weighted by molar-refractivity contribution is -0.0489. The van der Waals surface area contributed by atoms with Gasteiger partial charge < -0.3 is 19.1 Å². The quantitative estimate of drug-likeness (QED) is 0.234. The van der Waals surface area contributed by atoms with Crippen LogP contribution in [0.25, 0.3) is 11.0 Å². The molecule has 1 aliphatic rings. The van der Waals surface area contributed by atoms with Crippen molar-refractivity contribution in [2.24, 2.45) is 7.05 Å². The Morgan fingerprint density at radius 1 is 1.10 bits per heavy atom. The number of nitrogens with zero attached hydrogens (tertiary/aromatic N) is 3. The summed E-state index contributed by atoms with van der Waals surface area (Å²) in [7, 11) is 1.70. The van der Waals surface area contributed by atoms with E-state index in [-0.39, 0.29) is 35.1 Å². The predicted molar refractivity (Wildman–Crippen MR) is 143 cm³/mol. The number of alkyl halides is 2. The predicted octanol–water partition coefficient (Wildman–Crippen LogP) is 6.42. The lowest BCUT2D eigenvalue weighted by Crippen LogP contribution is -2.33. The van der Waals surface area contributed by atoms with Crippen LogP contribution in [0, 0.1) is 18.6 Å². The molecule has 0 atom stereocenters. The van der Waals surface area contributed by atoms with Crippen molar-refractivity contribution < 1.29 is 36.9 Å². The molecule has 1 aromatic heterocycles. The van der Waals surface area contributed by atoms with Crippen molar-refractivity contribution >= 4 is 17.0 Å². The molecule has 0 saturated carbocycles. The summed E-state index contributed by atoms with van der Waals surface area (Å²) in [5, 5.41) is 9.40. The number of carboxylic acid groups (broad SMARTS) is 1. The Hall–Kier alpha value is -4.12. The van der Waals surface area contributed by atoms with Gasteiger partial charge in [-0.2, -0.15) is 8.78 Å². The number of halogens is 4. The number of piperidine rings is 1. The van der Waals surface area contributed by atoms with Crippen LogP contribution < -0.4 is 9.47 Å². The Balaban J connectivity index is 1.30. The highest BCUT2D eigenvalue weighted by atomic mass is 19.3. The van der Waals surface area contributed by atoms with E-state index in [1.807, 2.05) is 6.07 Å². The summed E-state index contributed by atoms with van der Waals surface area (Å²) in [6.45, 7) is 0.271. The largest absolute Gasteiger partial charge is 0.485 e. The molecule has 0 unspecified atom stereocenters. The number of carboxylic acids is 1. The molecule has 41 heavy (non-hydrogen) atoms. The lowest BCUT2D eigenvalue weighted by Gasteiger charge is -2.32. The fourth-order valence-electron chi connectivity index (χ4n) is 5.28. The number of imidazole rings is 1. The minimum absolute atomic E-state index is 0.0180. The highest BCUT2D eigenvalue weighted by molar-refractivity contribution is 5.95. The van der Waals surface area contributed by atoms with Crippen molar-refractivity contribution in [3.63, 3.8) is 0 Å². The number of hydrogen-bond donors (Lipinski definition) is 1. The van der Waals surface area contributed by atoms with E-state index >= 15 is 0 Å². The Morgan fingerprint density at radius 2 is 1.85 bits per heavy atom. The molecule has 1 fully saturated rings. The average molecular weight is 572 g/mol. The maximum absolute atomic E-state index is 14.8. The topological polar surface area (TPSA) is 76.8 Å². The molecule has 7 nitrogen and oxygen atoms in total. The number of para-hydroxylation sites is 1. The third-order valence-electron chi connectivity index (χ3n) is 7.48. The Labute approximate surface area is 233 Å². The Bertz CT molecular complexity index is 1580. The minimum Gasteiger partial charge on any atom is -0.485 e. The molecule has 0 amide bonds. The first-order valence-electron chi connectivity index (χ1n) is 13.2. The molecular formula is C30H29F4N3O4. The van der Waals surface area contributed by atoms with E-state index in [2.05, 4.69) is 14.6 Å². The zero-order chi connectivity index (χ0) is 29.3. The van der Waals surface area contributed by atoms with E-state index in [1.165, 1.54) is 18.2 Å². The second-order valence-corrected chi connectivity index (χ2v) is 10.2. The van der Waals surface area contributed by atoms with Crippen LogP contribution in [0.5, 0.6) is 11.5 Å². The van der Waals surface area contributed by atoms with Gasteiger partial charge in [-0.25, -0.2) is 18.6 Å². The van der Waals surface area contributed by atoms with Crippen LogP contribution in [0.2, 0.25) is 0 Å². The number of aromatic nitrogens is 2. The number of hydrogen-bond acceptors (Lipinski definition) is 5. The summed E-state index contributed by atoms with van der Waals surface area (Å²) in [6, 6.07) is 12.1. The summed E-state index contributed by atoms with van der Waals surface area (Å²) in [5.74, 6) is -1.74. The molecule has 0 spiro atoms. The third kappa shape index (κ3) is 6.14. The molecule has 216 valence electrons. The van der Waals surface area contributed by atoms with Crippen LogP contribution in [-0.4, -0.2) is 45.2 Å². The summed E-state index contributed by atoms with van der Waals surface area (Å²) >= 11 is 0. The number of fused-ring (bicyclic) bond motifs is 1. The first-order valence-corrected chi connectivity index (χ1v) is 13.2. The van der Waals surface area contributed by atoms with Crippen LogP contribution in [0.3, 0.4) is 0 Å². The molecule has 4 aromatic rings. The van der Waals surface area contributed by atoms with Crippen molar-refractivity contribution in [3.05, 3.63) is 88.2 Å². The first kappa shape index (κ1) is 28.4. The van der Waals surface area contributed by atoms with Crippen LogP contribution >= 0.6 is 0 Å². The third-order valence-corrected chi connectivity index (χ3v) is 7.48. The summed E-state index contributed by atoms with van der Waals surface area (Å²) in [6.07, 6.45) is 1.40. The zero-order valence-electron chi connectivity index (χ0n) is 22.5. The maximum Gasteiger partial charge on any atom is 0.387 e. The highest BCUT2D eigenvalue weighted by Gasteiger charge is 2.27. The van der Waals surface area contributed by atoms with Gasteiger partial charge in [-0.15, -0.1) is 0 Å². The molecule has 3 aromatic carbocycles. The van der Waals surface area contributed by atoms with Gasteiger partial charge in [-0.3, -0.25) is 4.90 Å². The van der Waals surface area contributed by atoms with Gasteiger partial charge in [0, 0.05) is 18.2 Å². The molecule has 0 aliphatic carbocycles. The fourth-order valence-corrected chi connectivity index (χ4v) is 5.28. The molecule has 1 saturated heterocycles. The standard InChI is InChI=1S/C30H29F4N3O4/c1-17-6-7-19(23(32)12-17)16-40-28-21(4-3-5-22(28)31)18-8-10-37(11-9-18)15-26-35-27-24(36(26)2)13-20(29(38)39)14-25(27)41-30(33)34/h3-7,12-14,18,30H,8-11,15-16H2,1-2H3,(H,38,39). The number of rotatable bonds is 9. The van der Waals surface area contributed by atoms with Gasteiger partial charge in [0.15, 0.2) is 17.3 Å². The van der Waals surface area contributed by atoms with Crippen LogP contribution in [-0.2, 0) is 20.2 Å². The Kier molecular flexibility index (Phi) is 8.16. The van der Waals surface area contributed by atoms with Gasteiger partial charge in [0.05, 0.1) is 17.6 Å². The van der Waals surface area contributed by atoms with E-state index in [1.54, 1.807) is 36.7 Å². The highest BCUT2D eigenvalue weighted by Crippen LogP contribution is 2.37. The molecule has 1 aliphatic heterocycles. The molecule has 11 heteroatoms. The summed E-state index contributed by atoms with van der Waals surface area (Å²) in [4.78, 5) is 18.2. The van der Waals surface area contributed by atoms with Crippen molar-refractivity contribution in [1.82, 2.24) is 14.5 Å². The number of aromatic carboxylic acids is 1. The fraction of sp³-hybridized carbons (Fsp3) is 0.333. The number of likely N-dealkylation sites (tertiary alicyclic amines) is 1. The zero-order valence-corrected chi connectivity index (χ0v) is 22.5. The van der Waals surface area contributed by atoms with Gasteiger partial charge in [0.1, 0.15) is 23.8 Å². The number of carbonyl (C=O) groups is 1. The van der Waals surface area contributed by atoms with Crippen LogP contribution in [0.4, 0.5) is 17.6 Å². The van der Waals surface area contributed by atoms with E-state index in [0.717, 1.165) is 17.2 Å². The normalized spacial score (nSPS) is 14.6. The van der Waals surface area contributed by atoms with E-state index in [4.69, 9.17) is 4.74 Å². The van der Waals surface area contributed by atoms with Crippen LogP contribution in [0.15, 0.2) is 48.5 Å². The Morgan fingerprint density at radius 3 is 2.54 bits per heavy atom. The van der Waals surface area contributed by atoms with Crippen LogP contribution in [0.1, 0.15) is 51.6 Å². The van der Waals surface area contributed by atoms with Gasteiger partial charge in [0.25, 0.3) is 0 Å². The van der Waals surface area contributed by atoms with Crippen molar-refractivity contribution in [2.75, 3.05) is 13.1 Å². The number of ether oxygens (including phenoxy) is 2. The number of aryl methyl sites for hydroxylation is 2. The molecule has 1 N–H and O–H groups in total. The molecule has 5 rings (SSSR count). The van der Waals surface area contributed by atoms with E-state index in [0.29, 0.717) is 49.4 Å². The lowest BCUT2D eigenvalue weighted by atomic mass is 9.88. The monoisotopic (exact) mass is 571 g/mol. The summed E-state index contributed by atoms with van der Waals surface area (Å²) in [5.41, 5.74) is 2.22. The van der Waals surface area contributed by atoms with Crippen molar-refractivity contribution in [1.29, 1.82) is 0 Å². The molecule has 2 heterocycles. The first-order chi connectivity index (χ1) is 19.6. The molecular weight excluding hydrogens is 542 g/mol. The van der Waals surface area contributed by atoms with Gasteiger partial charge in [-0.05, 0) is 68.6 Å². The van der Waals surface area contributed by atoms with E-state index in [9.17, 15) is 27.5 Å². The maximum atomic E-state index is 14.8. The van der Waals surface area contributed by atoms with Crippen molar-refractivity contribution in [3.8, 4) is 11.5 Å². The van der Waals surface area contributed by atoms with Gasteiger partial charge in [-0.1, -0.05) is 24.3 Å². The molecule has 0 bridgehead atoms. The van der Waals surface area contributed by atoms with Gasteiger partial charge >= 0.3 is 12.6 Å². The second kappa shape index (κ2) is 11.8. The average Bonchev–Trinajstić information content (AvgIpc) is 3.24. The van der Waals surface area contributed by atoms with E-state index < -0.39 is 24.2 Å². The van der Waals surface area contributed by atoms with Crippen molar-refractivity contribution in [2.45, 2.75) is 45.4 Å². The smallest absolute Gasteiger partial charge is 0.387 e. The number of benzene rings is 3. The molecule has 0 radical (unpaired) electrons. The second-order valence-electron chi connectivity index (χ2n) is 10.2. The summed E-state index contributed by atoms with van der Waals surface area (Å²) < 4.78 is 67.2.